The van der Waals surface area contributed by atoms with Crippen molar-refractivity contribution in [3.8, 4) is 0 Å². The molecule has 1 aromatic rings. The van der Waals surface area contributed by atoms with Gasteiger partial charge in [0.25, 0.3) is 10.1 Å². The predicted octanol–water partition coefficient (Wildman–Crippen LogP) is 0.852. The van der Waals surface area contributed by atoms with Crippen molar-refractivity contribution in [1.82, 2.24) is 0 Å². The highest BCUT2D eigenvalue weighted by Crippen LogP contribution is 2.31. The summed E-state index contributed by atoms with van der Waals surface area (Å²) in [5.41, 5.74) is 0.841. The van der Waals surface area contributed by atoms with Crippen LogP contribution in [-0.4, -0.2) is 57.5 Å². The Kier molecular flexibility index (Phi) is 7.33. The molecule has 0 unspecified atom stereocenters. The van der Waals surface area contributed by atoms with Crippen molar-refractivity contribution in [3.05, 3.63) is 29.8 Å². The molecule has 1 heterocycles. The summed E-state index contributed by atoms with van der Waals surface area (Å²) in [5.74, 6) is -2.17. The number of hydrogen-bond acceptors (Lipinski definition) is 10. The minimum atomic E-state index is -4.30. The Hall–Kier alpha value is -2.50. The van der Waals surface area contributed by atoms with Crippen LogP contribution >= 0.6 is 0 Å². The fourth-order valence-electron chi connectivity index (χ4n) is 2.62. The Labute approximate surface area is 168 Å². The zero-order valence-electron chi connectivity index (χ0n) is 16.3. The van der Waals surface area contributed by atoms with E-state index in [1.54, 1.807) is 19.1 Å². The molecule has 4 atom stereocenters. The number of benzene rings is 1. The van der Waals surface area contributed by atoms with Gasteiger partial charge in [0.15, 0.2) is 12.2 Å². The second-order valence-corrected chi connectivity index (χ2v) is 7.93. The van der Waals surface area contributed by atoms with Gasteiger partial charge in [-0.25, -0.2) is 0 Å². The zero-order valence-corrected chi connectivity index (χ0v) is 17.1. The van der Waals surface area contributed by atoms with Gasteiger partial charge in [-0.1, -0.05) is 17.7 Å². The first-order valence-electron chi connectivity index (χ1n) is 8.63. The van der Waals surface area contributed by atoms with E-state index in [9.17, 15) is 22.8 Å². The molecule has 10 nitrogen and oxygen atoms in total. The van der Waals surface area contributed by atoms with Crippen molar-refractivity contribution < 1.29 is 45.9 Å². The first-order valence-corrected chi connectivity index (χ1v) is 10.0. The Morgan fingerprint density at radius 1 is 0.931 bits per heavy atom. The monoisotopic (exact) mass is 430 g/mol. The van der Waals surface area contributed by atoms with Gasteiger partial charge in [-0.2, -0.15) is 8.42 Å². The molecule has 0 bridgehead atoms. The molecule has 0 saturated carbocycles. The summed E-state index contributed by atoms with van der Waals surface area (Å²) in [6.07, 6.45) is -5.42. The Morgan fingerprint density at radius 3 is 2.03 bits per heavy atom. The lowest BCUT2D eigenvalue weighted by Gasteiger charge is -2.23. The number of aryl methyl sites for hydroxylation is 1. The van der Waals surface area contributed by atoms with E-state index in [1.165, 1.54) is 12.1 Å². The van der Waals surface area contributed by atoms with Gasteiger partial charge in [0.2, 0.25) is 6.29 Å². The summed E-state index contributed by atoms with van der Waals surface area (Å²) in [5, 5.41) is 0. The lowest BCUT2D eigenvalue weighted by atomic mass is 10.1. The van der Waals surface area contributed by atoms with Gasteiger partial charge in [0.05, 0.1) is 4.90 Å². The summed E-state index contributed by atoms with van der Waals surface area (Å²) < 4.78 is 51.1. The van der Waals surface area contributed by atoms with E-state index in [2.05, 4.69) is 0 Å². The molecule has 1 aliphatic rings. The van der Waals surface area contributed by atoms with Crippen LogP contribution in [0.3, 0.4) is 0 Å². The highest BCUT2D eigenvalue weighted by atomic mass is 32.2. The van der Waals surface area contributed by atoms with E-state index in [-0.39, 0.29) is 4.90 Å². The number of rotatable bonds is 7. The Morgan fingerprint density at radius 2 is 1.52 bits per heavy atom. The topological polar surface area (TPSA) is 132 Å². The van der Waals surface area contributed by atoms with Crippen LogP contribution in [0.4, 0.5) is 0 Å². The lowest BCUT2D eigenvalue weighted by Crippen LogP contribution is -2.42. The Balaban J connectivity index is 2.35. The predicted molar refractivity (Wildman–Crippen MR) is 95.9 cm³/mol. The van der Waals surface area contributed by atoms with Crippen LogP contribution in [0.25, 0.3) is 0 Å². The summed E-state index contributed by atoms with van der Waals surface area (Å²) in [6.45, 7) is 4.74. The first kappa shape index (κ1) is 22.8. The largest absolute Gasteiger partial charge is 0.463 e. The van der Waals surface area contributed by atoms with Crippen LogP contribution in [0.2, 0.25) is 0 Å². The van der Waals surface area contributed by atoms with Gasteiger partial charge in [0, 0.05) is 20.8 Å². The Bertz CT molecular complexity index is 861. The number of carbonyl (C=O) groups excluding carboxylic acids is 3. The summed E-state index contributed by atoms with van der Waals surface area (Å²) in [7, 11) is -4.30. The average Bonchev–Trinajstić information content (AvgIpc) is 2.88. The summed E-state index contributed by atoms with van der Waals surface area (Å²) in [6, 6.07) is 5.88. The van der Waals surface area contributed by atoms with E-state index in [4.69, 9.17) is 23.1 Å². The molecule has 11 heteroatoms. The molecule has 0 spiro atoms. The van der Waals surface area contributed by atoms with Gasteiger partial charge in [-0.15, -0.1) is 0 Å². The zero-order chi connectivity index (χ0) is 21.8. The summed E-state index contributed by atoms with van der Waals surface area (Å²) in [4.78, 5) is 33.9. The van der Waals surface area contributed by atoms with Crippen LogP contribution < -0.4 is 0 Å². The van der Waals surface area contributed by atoms with Gasteiger partial charge in [0.1, 0.15) is 12.7 Å². The number of carbonyl (C=O) groups is 3. The normalized spacial score (nSPS) is 24.0. The maximum Gasteiger partial charge on any atom is 0.305 e. The third kappa shape index (κ3) is 6.24. The van der Waals surface area contributed by atoms with Gasteiger partial charge < -0.3 is 18.9 Å². The number of hydrogen-bond donors (Lipinski definition) is 0. The molecule has 1 aromatic carbocycles. The first-order chi connectivity index (χ1) is 13.5. The third-order valence-electron chi connectivity index (χ3n) is 3.85. The molecule has 0 aromatic heterocycles. The van der Waals surface area contributed by atoms with E-state index < -0.39 is 59.2 Å². The standard InChI is InChI=1S/C18H22O10S/c1-10-5-7-14(8-6-10)29(22,23)28-16-15(9-24-11(2)19)27-18(26-13(4)21)17(16)25-12(3)20/h5-8,15-18H,9H2,1-4H3/t15-,16+,17+,18-/m0/s1. The quantitative estimate of drug-likeness (QED) is 0.348. The minimum Gasteiger partial charge on any atom is -0.463 e. The van der Waals surface area contributed by atoms with Crippen LogP contribution in [0.15, 0.2) is 29.2 Å². The highest BCUT2D eigenvalue weighted by molar-refractivity contribution is 7.86. The van der Waals surface area contributed by atoms with Crippen molar-refractivity contribution in [3.63, 3.8) is 0 Å². The second-order valence-electron chi connectivity index (χ2n) is 6.36. The number of ether oxygens (including phenoxy) is 4. The SMILES string of the molecule is CC(=O)OC[C@@H]1O[C@H](OC(C)=O)[C@H](OC(C)=O)[C@@H]1OS(=O)(=O)c1ccc(C)cc1. The highest BCUT2D eigenvalue weighted by Gasteiger charge is 2.52. The third-order valence-corrected chi connectivity index (χ3v) is 5.17. The van der Waals surface area contributed by atoms with Crippen molar-refractivity contribution in [2.75, 3.05) is 6.61 Å². The molecule has 0 radical (unpaired) electrons. The second kappa shape index (κ2) is 9.33. The maximum absolute atomic E-state index is 12.7. The van der Waals surface area contributed by atoms with Crippen LogP contribution in [0.5, 0.6) is 0 Å². The maximum atomic E-state index is 12.7. The average molecular weight is 430 g/mol. The molecular formula is C18H22O10S. The molecule has 2 rings (SSSR count). The molecule has 1 fully saturated rings. The molecule has 0 amide bonds. The molecule has 160 valence electrons. The fourth-order valence-corrected chi connectivity index (χ4v) is 3.73. The molecular weight excluding hydrogens is 408 g/mol. The molecule has 0 aliphatic carbocycles. The van der Waals surface area contributed by atoms with Crippen molar-refractivity contribution >= 4 is 28.0 Å². The smallest absolute Gasteiger partial charge is 0.305 e. The van der Waals surface area contributed by atoms with E-state index in [0.29, 0.717) is 0 Å². The summed E-state index contributed by atoms with van der Waals surface area (Å²) >= 11 is 0. The van der Waals surface area contributed by atoms with Gasteiger partial charge in [-0.3, -0.25) is 18.6 Å². The van der Waals surface area contributed by atoms with Crippen LogP contribution in [0.1, 0.15) is 26.3 Å². The van der Waals surface area contributed by atoms with Gasteiger partial charge in [-0.05, 0) is 19.1 Å². The van der Waals surface area contributed by atoms with Gasteiger partial charge >= 0.3 is 17.9 Å². The van der Waals surface area contributed by atoms with Crippen LogP contribution in [-0.2, 0) is 47.6 Å². The fraction of sp³-hybridized carbons (Fsp3) is 0.500. The van der Waals surface area contributed by atoms with Crippen LogP contribution in [0, 0.1) is 6.92 Å². The molecule has 29 heavy (non-hydrogen) atoms. The van der Waals surface area contributed by atoms with E-state index >= 15 is 0 Å². The van der Waals surface area contributed by atoms with Crippen molar-refractivity contribution in [1.29, 1.82) is 0 Å². The number of esters is 3. The van der Waals surface area contributed by atoms with E-state index in [1.807, 2.05) is 0 Å². The molecule has 1 saturated heterocycles. The molecule has 0 N–H and O–H groups in total. The van der Waals surface area contributed by atoms with E-state index in [0.717, 1.165) is 26.3 Å². The minimum absolute atomic E-state index is 0.133. The lowest BCUT2D eigenvalue weighted by molar-refractivity contribution is -0.197. The van der Waals surface area contributed by atoms with Crippen molar-refractivity contribution in [2.45, 2.75) is 57.2 Å². The van der Waals surface area contributed by atoms with Crippen molar-refractivity contribution in [2.24, 2.45) is 0 Å². The molecule has 1 aliphatic heterocycles.